The maximum absolute atomic E-state index is 11.7. The fourth-order valence-corrected chi connectivity index (χ4v) is 2.51. The van der Waals surface area contributed by atoms with Crippen molar-refractivity contribution in [2.24, 2.45) is 12.8 Å². The van der Waals surface area contributed by atoms with E-state index in [-0.39, 0.29) is 0 Å². The summed E-state index contributed by atoms with van der Waals surface area (Å²) >= 11 is 3.31. The van der Waals surface area contributed by atoms with Crippen LogP contribution in [-0.2, 0) is 7.05 Å². The van der Waals surface area contributed by atoms with Crippen molar-refractivity contribution in [3.63, 3.8) is 0 Å². The number of rotatable bonds is 6. The zero-order chi connectivity index (χ0) is 17.1. The van der Waals surface area contributed by atoms with Crippen molar-refractivity contribution in [2.45, 2.75) is 0 Å². The third-order valence-corrected chi connectivity index (χ3v) is 3.83. The van der Waals surface area contributed by atoms with Crippen LogP contribution in [0.15, 0.2) is 42.6 Å². The Labute approximate surface area is 147 Å². The highest BCUT2D eigenvalue weighted by Crippen LogP contribution is 2.30. The highest BCUT2D eigenvalue weighted by Gasteiger charge is 2.14. The maximum Gasteiger partial charge on any atom is 0.252 e. The first kappa shape index (κ1) is 16.3. The van der Waals surface area contributed by atoms with Crippen molar-refractivity contribution in [1.82, 2.24) is 9.78 Å². The molecule has 2 N–H and O–H groups in total. The molecule has 24 heavy (non-hydrogen) atoms. The van der Waals surface area contributed by atoms with Gasteiger partial charge in [-0.2, -0.15) is 5.10 Å². The predicted octanol–water partition coefficient (Wildman–Crippen LogP) is 3.24. The van der Waals surface area contributed by atoms with Gasteiger partial charge in [0.05, 0.1) is 23.9 Å². The van der Waals surface area contributed by atoms with Gasteiger partial charge in [-0.25, -0.2) is 0 Å². The van der Waals surface area contributed by atoms with E-state index >= 15 is 0 Å². The highest BCUT2D eigenvalue weighted by atomic mass is 79.9. The molecule has 1 amide bonds. The first-order chi connectivity index (χ1) is 11.6. The molecule has 3 rings (SSSR count). The van der Waals surface area contributed by atoms with Crippen LogP contribution in [0, 0.1) is 0 Å². The number of alkyl halides is 1. The van der Waals surface area contributed by atoms with Gasteiger partial charge in [0.1, 0.15) is 17.2 Å². The zero-order valence-corrected chi connectivity index (χ0v) is 14.6. The standard InChI is InChI=1S/C17H16BrN3O3/c1-21-15-9-16(14(17(19)22)8-11(15)10-20-21)24-13-4-2-12(3-5-13)23-7-6-18/h2-5,8-10H,6-7H2,1H3,(H2,19,22). The Morgan fingerprint density at radius 3 is 2.62 bits per heavy atom. The fraction of sp³-hybridized carbons (Fsp3) is 0.176. The van der Waals surface area contributed by atoms with E-state index < -0.39 is 5.91 Å². The molecule has 0 saturated heterocycles. The van der Waals surface area contributed by atoms with Crippen LogP contribution in [-0.4, -0.2) is 27.6 Å². The topological polar surface area (TPSA) is 79.4 Å². The number of hydrogen-bond donors (Lipinski definition) is 1. The van der Waals surface area contributed by atoms with E-state index in [0.29, 0.717) is 23.7 Å². The molecular formula is C17H16BrN3O3. The Morgan fingerprint density at radius 1 is 1.25 bits per heavy atom. The summed E-state index contributed by atoms with van der Waals surface area (Å²) in [5.41, 5.74) is 6.64. The molecule has 1 aromatic heterocycles. The minimum atomic E-state index is -0.548. The van der Waals surface area contributed by atoms with Crippen LogP contribution in [0.3, 0.4) is 0 Å². The molecule has 0 saturated carbocycles. The molecule has 0 unspecified atom stereocenters. The van der Waals surface area contributed by atoms with E-state index in [4.69, 9.17) is 15.2 Å². The van der Waals surface area contributed by atoms with E-state index in [1.807, 2.05) is 19.2 Å². The molecule has 0 aliphatic rings. The summed E-state index contributed by atoms with van der Waals surface area (Å²) in [6.45, 7) is 0.586. The summed E-state index contributed by atoms with van der Waals surface area (Å²) in [7, 11) is 1.83. The molecule has 0 aliphatic heterocycles. The first-order valence-electron chi connectivity index (χ1n) is 7.30. The van der Waals surface area contributed by atoms with Crippen molar-refractivity contribution in [3.05, 3.63) is 48.2 Å². The molecule has 0 spiro atoms. The lowest BCUT2D eigenvalue weighted by atomic mass is 10.1. The molecule has 7 heteroatoms. The van der Waals surface area contributed by atoms with E-state index in [1.165, 1.54) is 0 Å². The number of benzene rings is 2. The smallest absolute Gasteiger partial charge is 0.252 e. The monoisotopic (exact) mass is 389 g/mol. The van der Waals surface area contributed by atoms with Gasteiger partial charge in [-0.1, -0.05) is 15.9 Å². The van der Waals surface area contributed by atoms with Gasteiger partial charge in [0.15, 0.2) is 0 Å². The quantitative estimate of drug-likeness (QED) is 0.656. The second kappa shape index (κ2) is 6.92. The molecule has 0 bridgehead atoms. The largest absolute Gasteiger partial charge is 0.493 e. The van der Waals surface area contributed by atoms with Crippen molar-refractivity contribution in [2.75, 3.05) is 11.9 Å². The van der Waals surface area contributed by atoms with Gasteiger partial charge in [0, 0.05) is 23.8 Å². The molecule has 0 fully saturated rings. The van der Waals surface area contributed by atoms with Crippen LogP contribution < -0.4 is 15.2 Å². The third kappa shape index (κ3) is 3.35. The predicted molar refractivity (Wildman–Crippen MR) is 95.0 cm³/mol. The summed E-state index contributed by atoms with van der Waals surface area (Å²) in [6, 6.07) is 10.6. The minimum absolute atomic E-state index is 0.315. The summed E-state index contributed by atoms with van der Waals surface area (Å²) in [5.74, 6) is 1.19. The van der Waals surface area contributed by atoms with Gasteiger partial charge in [-0.3, -0.25) is 9.48 Å². The van der Waals surface area contributed by atoms with E-state index in [9.17, 15) is 4.79 Å². The second-order valence-corrected chi connectivity index (χ2v) is 5.94. The Balaban J connectivity index is 1.91. The maximum atomic E-state index is 11.7. The molecule has 2 aromatic carbocycles. The van der Waals surface area contributed by atoms with Gasteiger partial charge in [-0.15, -0.1) is 0 Å². The van der Waals surface area contributed by atoms with Crippen molar-refractivity contribution in [3.8, 4) is 17.2 Å². The van der Waals surface area contributed by atoms with Crippen molar-refractivity contribution >= 4 is 32.7 Å². The number of primary amides is 1. The minimum Gasteiger partial charge on any atom is -0.493 e. The zero-order valence-electron chi connectivity index (χ0n) is 13.0. The number of ether oxygens (including phenoxy) is 2. The van der Waals surface area contributed by atoms with Crippen LogP contribution in [0.2, 0.25) is 0 Å². The molecule has 0 aliphatic carbocycles. The number of fused-ring (bicyclic) bond motifs is 1. The number of hydrogen-bond acceptors (Lipinski definition) is 4. The SMILES string of the molecule is Cn1ncc2cc(C(N)=O)c(Oc3ccc(OCCBr)cc3)cc21. The van der Waals surface area contributed by atoms with Crippen molar-refractivity contribution < 1.29 is 14.3 Å². The van der Waals surface area contributed by atoms with Crippen LogP contribution in [0.4, 0.5) is 0 Å². The molecule has 3 aromatic rings. The number of carbonyl (C=O) groups excluding carboxylic acids is 1. The molecule has 0 radical (unpaired) electrons. The van der Waals surface area contributed by atoms with Crippen LogP contribution >= 0.6 is 15.9 Å². The third-order valence-electron chi connectivity index (χ3n) is 3.51. The Bertz CT molecular complexity index is 875. The van der Waals surface area contributed by atoms with Gasteiger partial charge >= 0.3 is 0 Å². The van der Waals surface area contributed by atoms with Gasteiger partial charge in [0.2, 0.25) is 0 Å². The molecule has 0 atom stereocenters. The molecule has 124 valence electrons. The first-order valence-corrected chi connectivity index (χ1v) is 8.43. The average molecular weight is 390 g/mol. The number of halogens is 1. The lowest BCUT2D eigenvalue weighted by Gasteiger charge is -2.11. The lowest BCUT2D eigenvalue weighted by Crippen LogP contribution is -2.12. The van der Waals surface area contributed by atoms with Crippen LogP contribution in [0.5, 0.6) is 17.2 Å². The normalized spacial score (nSPS) is 10.8. The van der Waals surface area contributed by atoms with Gasteiger partial charge in [-0.05, 0) is 30.3 Å². The molecule has 6 nitrogen and oxygen atoms in total. The molecule has 1 heterocycles. The fourth-order valence-electron chi connectivity index (χ4n) is 2.34. The summed E-state index contributed by atoms with van der Waals surface area (Å²) in [6.07, 6.45) is 1.68. The van der Waals surface area contributed by atoms with E-state index in [1.54, 1.807) is 35.1 Å². The number of aromatic nitrogens is 2. The number of nitrogens with two attached hydrogens (primary N) is 1. The van der Waals surface area contributed by atoms with Crippen molar-refractivity contribution in [1.29, 1.82) is 0 Å². The van der Waals surface area contributed by atoms with Crippen LogP contribution in [0.1, 0.15) is 10.4 Å². The number of aryl methyl sites for hydroxylation is 1. The van der Waals surface area contributed by atoms with E-state index in [2.05, 4.69) is 21.0 Å². The lowest BCUT2D eigenvalue weighted by molar-refractivity contribution is 0.0998. The Hall–Kier alpha value is -2.54. The van der Waals surface area contributed by atoms with Gasteiger partial charge in [0.25, 0.3) is 5.91 Å². The average Bonchev–Trinajstić information content (AvgIpc) is 2.94. The van der Waals surface area contributed by atoms with Crippen LogP contribution in [0.25, 0.3) is 10.9 Å². The second-order valence-electron chi connectivity index (χ2n) is 5.15. The number of nitrogens with zero attached hydrogens (tertiary/aromatic N) is 2. The highest BCUT2D eigenvalue weighted by molar-refractivity contribution is 9.09. The van der Waals surface area contributed by atoms with E-state index in [0.717, 1.165) is 22.0 Å². The molecular weight excluding hydrogens is 374 g/mol. The number of amides is 1. The summed E-state index contributed by atoms with van der Waals surface area (Å²) in [5, 5.41) is 5.77. The Kier molecular flexibility index (Phi) is 4.71. The Morgan fingerprint density at radius 2 is 1.96 bits per heavy atom. The number of carbonyl (C=O) groups is 1. The summed E-state index contributed by atoms with van der Waals surface area (Å²) in [4.78, 5) is 11.7. The van der Waals surface area contributed by atoms with Gasteiger partial charge < -0.3 is 15.2 Å². The summed E-state index contributed by atoms with van der Waals surface area (Å²) < 4.78 is 13.1.